The van der Waals surface area contributed by atoms with Crippen LogP contribution in [0.5, 0.6) is 0 Å². The lowest BCUT2D eigenvalue weighted by atomic mass is 10.1. The number of amides is 2. The first-order chi connectivity index (χ1) is 9.60. The van der Waals surface area contributed by atoms with Gasteiger partial charge in [-0.1, -0.05) is 0 Å². The summed E-state index contributed by atoms with van der Waals surface area (Å²) in [5.41, 5.74) is 0. The van der Waals surface area contributed by atoms with Crippen molar-refractivity contribution in [1.82, 2.24) is 15.1 Å². The van der Waals surface area contributed by atoms with Gasteiger partial charge in [0.1, 0.15) is 0 Å². The molecule has 2 amide bonds. The standard InChI is InChI=1S/C13H23N3O4/c1-10(17)14-11-5-7-15(8-11)12-4-3-6-16(9-12)13(18)20-19-2/h11-12H,3-9H2,1-2H3,(H,14,17). The zero-order valence-corrected chi connectivity index (χ0v) is 12.1. The highest BCUT2D eigenvalue weighted by molar-refractivity contribution is 5.73. The summed E-state index contributed by atoms with van der Waals surface area (Å²) in [5, 5.41) is 2.96. The molecule has 7 heteroatoms. The molecular formula is C13H23N3O4. The molecule has 2 atom stereocenters. The number of carbonyl (C=O) groups is 2. The molecular weight excluding hydrogens is 262 g/mol. The van der Waals surface area contributed by atoms with Crippen molar-refractivity contribution in [2.24, 2.45) is 0 Å². The van der Waals surface area contributed by atoms with Crippen LogP contribution in [-0.4, -0.2) is 67.2 Å². The zero-order chi connectivity index (χ0) is 14.5. The van der Waals surface area contributed by atoms with Crippen LogP contribution in [-0.2, 0) is 14.6 Å². The van der Waals surface area contributed by atoms with Crippen molar-refractivity contribution in [1.29, 1.82) is 0 Å². The molecule has 114 valence electrons. The molecule has 2 heterocycles. The Morgan fingerprint density at radius 1 is 1.20 bits per heavy atom. The fraction of sp³-hybridized carbons (Fsp3) is 0.846. The Bertz CT molecular complexity index is 364. The average Bonchev–Trinajstić information content (AvgIpc) is 2.87. The summed E-state index contributed by atoms with van der Waals surface area (Å²) >= 11 is 0. The molecule has 20 heavy (non-hydrogen) atoms. The molecule has 7 nitrogen and oxygen atoms in total. The number of likely N-dealkylation sites (tertiary alicyclic amines) is 2. The van der Waals surface area contributed by atoms with Crippen LogP contribution in [0.2, 0.25) is 0 Å². The predicted octanol–water partition coefficient (Wildman–Crippen LogP) is 0.359. The van der Waals surface area contributed by atoms with E-state index in [-0.39, 0.29) is 11.9 Å². The Hall–Kier alpha value is -1.34. The third kappa shape index (κ3) is 3.83. The van der Waals surface area contributed by atoms with Crippen LogP contribution in [0.4, 0.5) is 4.79 Å². The van der Waals surface area contributed by atoms with E-state index in [0.29, 0.717) is 19.1 Å². The van der Waals surface area contributed by atoms with Gasteiger partial charge in [-0.05, 0) is 19.3 Å². The number of hydrogen-bond acceptors (Lipinski definition) is 5. The summed E-state index contributed by atoms with van der Waals surface area (Å²) in [7, 11) is 1.33. The van der Waals surface area contributed by atoms with Crippen molar-refractivity contribution in [3.8, 4) is 0 Å². The Kier molecular flexibility index (Phi) is 5.19. The van der Waals surface area contributed by atoms with Crippen LogP contribution in [0.3, 0.4) is 0 Å². The number of piperidine rings is 1. The maximum absolute atomic E-state index is 11.7. The van der Waals surface area contributed by atoms with Gasteiger partial charge in [-0.2, -0.15) is 4.89 Å². The van der Waals surface area contributed by atoms with E-state index >= 15 is 0 Å². The first-order valence-electron chi connectivity index (χ1n) is 7.11. The summed E-state index contributed by atoms with van der Waals surface area (Å²) < 4.78 is 0. The van der Waals surface area contributed by atoms with E-state index in [1.165, 1.54) is 7.11 Å². The molecule has 0 aromatic carbocycles. The lowest BCUT2D eigenvalue weighted by Gasteiger charge is -2.36. The largest absolute Gasteiger partial charge is 0.441 e. The first-order valence-corrected chi connectivity index (χ1v) is 7.11. The molecule has 2 fully saturated rings. The van der Waals surface area contributed by atoms with E-state index in [4.69, 9.17) is 0 Å². The highest BCUT2D eigenvalue weighted by Crippen LogP contribution is 2.21. The van der Waals surface area contributed by atoms with Gasteiger partial charge in [0, 0.05) is 45.2 Å². The van der Waals surface area contributed by atoms with E-state index in [2.05, 4.69) is 20.0 Å². The van der Waals surface area contributed by atoms with E-state index in [0.717, 1.165) is 32.4 Å². The van der Waals surface area contributed by atoms with Crippen LogP contribution < -0.4 is 5.32 Å². The fourth-order valence-corrected chi connectivity index (χ4v) is 3.07. The summed E-state index contributed by atoms with van der Waals surface area (Å²) in [4.78, 5) is 35.8. The van der Waals surface area contributed by atoms with Crippen molar-refractivity contribution >= 4 is 12.0 Å². The molecule has 0 aromatic heterocycles. The molecule has 0 spiro atoms. The quantitative estimate of drug-likeness (QED) is 0.599. The van der Waals surface area contributed by atoms with Crippen LogP contribution >= 0.6 is 0 Å². The van der Waals surface area contributed by atoms with Gasteiger partial charge in [0.25, 0.3) is 0 Å². The number of nitrogens with zero attached hydrogens (tertiary/aromatic N) is 2. The molecule has 2 aliphatic heterocycles. The van der Waals surface area contributed by atoms with Gasteiger partial charge >= 0.3 is 6.09 Å². The van der Waals surface area contributed by atoms with Crippen molar-refractivity contribution in [3.63, 3.8) is 0 Å². The SMILES string of the molecule is COOC(=O)N1CCCC(N2CCC(NC(C)=O)C2)C1. The zero-order valence-electron chi connectivity index (χ0n) is 12.1. The van der Waals surface area contributed by atoms with Crippen molar-refractivity contribution in [2.75, 3.05) is 33.3 Å². The van der Waals surface area contributed by atoms with Gasteiger partial charge in [0.15, 0.2) is 0 Å². The molecule has 1 N–H and O–H groups in total. The maximum atomic E-state index is 11.7. The maximum Gasteiger partial charge on any atom is 0.441 e. The van der Waals surface area contributed by atoms with Crippen molar-refractivity contribution < 1.29 is 19.4 Å². The second kappa shape index (κ2) is 6.90. The van der Waals surface area contributed by atoms with E-state index in [1.807, 2.05) is 0 Å². The summed E-state index contributed by atoms with van der Waals surface area (Å²) in [6.07, 6.45) is 2.59. The van der Waals surface area contributed by atoms with Crippen LogP contribution in [0.25, 0.3) is 0 Å². The summed E-state index contributed by atoms with van der Waals surface area (Å²) in [5.74, 6) is 0.0193. The molecule has 2 rings (SSSR count). The van der Waals surface area contributed by atoms with Gasteiger partial charge in [-0.15, -0.1) is 0 Å². The Labute approximate surface area is 119 Å². The van der Waals surface area contributed by atoms with Gasteiger partial charge < -0.3 is 10.2 Å². The van der Waals surface area contributed by atoms with Crippen molar-refractivity contribution in [2.45, 2.75) is 38.3 Å². The minimum Gasteiger partial charge on any atom is -0.352 e. The van der Waals surface area contributed by atoms with Gasteiger partial charge in [0.05, 0.1) is 7.11 Å². The first kappa shape index (κ1) is 15.1. The molecule has 2 saturated heterocycles. The van der Waals surface area contributed by atoms with Crippen molar-refractivity contribution in [3.05, 3.63) is 0 Å². The molecule has 0 bridgehead atoms. The smallest absolute Gasteiger partial charge is 0.352 e. The Morgan fingerprint density at radius 2 is 2.00 bits per heavy atom. The van der Waals surface area contributed by atoms with Gasteiger partial charge in [-0.25, -0.2) is 4.79 Å². The second-order valence-corrected chi connectivity index (χ2v) is 5.44. The van der Waals surface area contributed by atoms with E-state index in [1.54, 1.807) is 11.8 Å². The van der Waals surface area contributed by atoms with E-state index in [9.17, 15) is 9.59 Å². The Morgan fingerprint density at radius 3 is 2.70 bits per heavy atom. The topological polar surface area (TPSA) is 71.1 Å². The monoisotopic (exact) mass is 285 g/mol. The second-order valence-electron chi connectivity index (χ2n) is 5.44. The van der Waals surface area contributed by atoms with E-state index < -0.39 is 6.09 Å². The molecule has 0 saturated carbocycles. The number of nitrogens with one attached hydrogen (secondary N) is 1. The molecule has 0 aromatic rings. The predicted molar refractivity (Wildman–Crippen MR) is 71.9 cm³/mol. The minimum atomic E-state index is -0.421. The summed E-state index contributed by atoms with van der Waals surface area (Å²) in [6, 6.07) is 0.570. The lowest BCUT2D eigenvalue weighted by molar-refractivity contribution is -0.222. The third-order valence-corrected chi connectivity index (χ3v) is 3.95. The number of hydrogen-bond donors (Lipinski definition) is 1. The number of carbonyl (C=O) groups excluding carboxylic acids is 2. The van der Waals surface area contributed by atoms with Crippen LogP contribution in [0.1, 0.15) is 26.2 Å². The summed E-state index contributed by atoms with van der Waals surface area (Å²) in [6.45, 7) is 4.74. The lowest BCUT2D eigenvalue weighted by Crippen LogP contribution is -2.50. The van der Waals surface area contributed by atoms with Crippen LogP contribution in [0.15, 0.2) is 0 Å². The number of rotatable bonds is 3. The minimum absolute atomic E-state index is 0.0193. The third-order valence-electron chi connectivity index (χ3n) is 3.95. The average molecular weight is 285 g/mol. The fourth-order valence-electron chi connectivity index (χ4n) is 3.07. The molecule has 2 aliphatic rings. The molecule has 2 unspecified atom stereocenters. The molecule has 0 radical (unpaired) electrons. The highest BCUT2D eigenvalue weighted by Gasteiger charge is 2.33. The normalized spacial score (nSPS) is 27.4. The van der Waals surface area contributed by atoms with Gasteiger partial charge in [-0.3, -0.25) is 14.6 Å². The Balaban J connectivity index is 1.84. The molecule has 0 aliphatic carbocycles. The van der Waals surface area contributed by atoms with Gasteiger partial charge in [0.2, 0.25) is 5.91 Å². The highest BCUT2D eigenvalue weighted by atomic mass is 17.2. The van der Waals surface area contributed by atoms with Crippen LogP contribution in [0, 0.1) is 0 Å².